The molecule has 1 saturated heterocycles. The van der Waals surface area contributed by atoms with Crippen LogP contribution < -0.4 is 5.32 Å². The molecule has 1 aliphatic carbocycles. The van der Waals surface area contributed by atoms with Crippen LogP contribution in [-0.2, 0) is 10.9 Å². The fourth-order valence-electron chi connectivity index (χ4n) is 4.38. The van der Waals surface area contributed by atoms with Crippen LogP contribution in [0.5, 0.6) is 0 Å². The van der Waals surface area contributed by atoms with Gasteiger partial charge in [-0.15, -0.1) is 9.90 Å². The summed E-state index contributed by atoms with van der Waals surface area (Å²) in [6, 6.07) is 2.08. The SMILES string of the molecule is CC(=N)OC(=N)C12CCCC(C1)N2C(=O)Nc1ccc(C(F)(F)F)c(-n2ncc(F)n2)c1. The average molecular weight is 453 g/mol. The van der Waals surface area contributed by atoms with Crippen LogP contribution in [0.2, 0.25) is 0 Å². The Kier molecular flexibility index (Phi) is 5.13. The highest BCUT2D eigenvalue weighted by Gasteiger charge is 2.60. The summed E-state index contributed by atoms with van der Waals surface area (Å²) in [7, 11) is 0. The molecule has 1 saturated carbocycles. The number of carbonyl (C=O) groups excluding carboxylic acids is 1. The second-order valence-corrected chi connectivity index (χ2v) is 7.76. The van der Waals surface area contributed by atoms with Gasteiger partial charge in [0.1, 0.15) is 17.4 Å². The molecule has 13 heteroatoms. The van der Waals surface area contributed by atoms with Gasteiger partial charge in [0.2, 0.25) is 5.90 Å². The number of carbonyl (C=O) groups is 1. The molecule has 9 nitrogen and oxygen atoms in total. The van der Waals surface area contributed by atoms with Gasteiger partial charge in [-0.3, -0.25) is 10.8 Å². The molecule has 1 aromatic carbocycles. The summed E-state index contributed by atoms with van der Waals surface area (Å²) < 4.78 is 58.7. The standard InChI is InChI=1S/C19H19F4N7O2/c1-10(24)32-16(25)18-6-2-3-12(8-18)29(18)17(31)27-11-4-5-13(19(21,22)23)14(7-11)30-26-9-15(20)28-30/h4-5,7,9,12,24-25H,2-3,6,8H2,1H3,(H,27,31). The summed E-state index contributed by atoms with van der Waals surface area (Å²) in [5.74, 6) is -1.44. The largest absolute Gasteiger partial charge is 0.428 e. The Labute approximate surface area is 179 Å². The van der Waals surface area contributed by atoms with Crippen molar-refractivity contribution in [1.29, 1.82) is 10.8 Å². The number of piperidine rings is 1. The lowest BCUT2D eigenvalue weighted by Crippen LogP contribution is -2.74. The second-order valence-electron chi connectivity index (χ2n) is 7.76. The van der Waals surface area contributed by atoms with E-state index in [-0.39, 0.29) is 23.5 Å². The third-order valence-electron chi connectivity index (χ3n) is 5.66. The molecule has 2 atom stereocenters. The molecular formula is C19H19F4N7O2. The number of benzene rings is 1. The zero-order valence-corrected chi connectivity index (χ0v) is 16.8. The predicted octanol–water partition coefficient (Wildman–Crippen LogP) is 3.95. The molecule has 2 bridgehead atoms. The molecule has 1 aliphatic heterocycles. The number of aromatic nitrogens is 3. The van der Waals surface area contributed by atoms with Gasteiger partial charge in [-0.1, -0.05) is 0 Å². The minimum absolute atomic E-state index is 0.0199. The predicted molar refractivity (Wildman–Crippen MR) is 104 cm³/mol. The van der Waals surface area contributed by atoms with Gasteiger partial charge in [0, 0.05) is 25.1 Å². The molecule has 3 N–H and O–H groups in total. The first-order valence-electron chi connectivity index (χ1n) is 9.73. The van der Waals surface area contributed by atoms with Crippen molar-refractivity contribution in [3.8, 4) is 5.69 Å². The molecule has 2 unspecified atom stereocenters. The summed E-state index contributed by atoms with van der Waals surface area (Å²) in [4.78, 5) is 15.0. The fraction of sp³-hybridized carbons (Fsp3) is 0.421. The van der Waals surface area contributed by atoms with Crippen LogP contribution in [0.1, 0.15) is 38.2 Å². The third-order valence-corrected chi connectivity index (χ3v) is 5.66. The minimum Gasteiger partial charge on any atom is -0.428 e. The Balaban J connectivity index is 1.62. The average Bonchev–Trinajstić information content (AvgIpc) is 3.13. The van der Waals surface area contributed by atoms with E-state index in [1.807, 2.05) is 0 Å². The maximum Gasteiger partial charge on any atom is 0.418 e. The van der Waals surface area contributed by atoms with E-state index in [0.717, 1.165) is 31.0 Å². The number of fused-ring (bicyclic) bond motifs is 2. The van der Waals surface area contributed by atoms with Crippen molar-refractivity contribution in [2.75, 3.05) is 5.32 Å². The summed E-state index contributed by atoms with van der Waals surface area (Å²) in [5.41, 5.74) is -2.61. The highest BCUT2D eigenvalue weighted by atomic mass is 19.4. The Bertz CT molecular complexity index is 1100. The Morgan fingerprint density at radius 2 is 2.09 bits per heavy atom. The van der Waals surface area contributed by atoms with Crippen LogP contribution in [0.25, 0.3) is 5.69 Å². The lowest BCUT2D eigenvalue weighted by molar-refractivity contribution is -0.137. The molecule has 0 spiro atoms. The van der Waals surface area contributed by atoms with Crippen molar-refractivity contribution >= 4 is 23.5 Å². The number of hydrogen-bond acceptors (Lipinski definition) is 6. The van der Waals surface area contributed by atoms with Gasteiger partial charge in [0.25, 0.3) is 5.95 Å². The van der Waals surface area contributed by atoms with E-state index in [0.29, 0.717) is 23.8 Å². The van der Waals surface area contributed by atoms with E-state index >= 15 is 0 Å². The van der Waals surface area contributed by atoms with E-state index < -0.39 is 34.9 Å². The number of anilines is 1. The molecule has 2 aliphatic rings. The molecule has 2 amide bonds. The van der Waals surface area contributed by atoms with Gasteiger partial charge < -0.3 is 15.0 Å². The van der Waals surface area contributed by atoms with Crippen LogP contribution in [0.4, 0.5) is 28.0 Å². The fourth-order valence-corrected chi connectivity index (χ4v) is 4.38. The maximum atomic E-state index is 13.4. The van der Waals surface area contributed by atoms with E-state index in [1.54, 1.807) is 0 Å². The molecule has 2 heterocycles. The van der Waals surface area contributed by atoms with Crippen LogP contribution in [0, 0.1) is 16.8 Å². The zero-order valence-electron chi connectivity index (χ0n) is 16.8. The molecule has 4 rings (SSSR count). The summed E-state index contributed by atoms with van der Waals surface area (Å²) in [6.45, 7) is 1.38. The Morgan fingerprint density at radius 3 is 2.69 bits per heavy atom. The van der Waals surface area contributed by atoms with E-state index in [9.17, 15) is 22.4 Å². The first kappa shape index (κ1) is 21.7. The first-order chi connectivity index (χ1) is 15.0. The highest BCUT2D eigenvalue weighted by molar-refractivity contribution is 6.00. The van der Waals surface area contributed by atoms with Crippen LogP contribution in [0.15, 0.2) is 24.4 Å². The van der Waals surface area contributed by atoms with Crippen LogP contribution in [0.3, 0.4) is 0 Å². The van der Waals surface area contributed by atoms with Crippen molar-refractivity contribution in [2.24, 2.45) is 0 Å². The molecule has 2 aromatic rings. The van der Waals surface area contributed by atoms with Gasteiger partial charge in [0.15, 0.2) is 5.90 Å². The number of rotatable bonds is 3. The number of nitrogens with zero attached hydrogens (tertiary/aromatic N) is 4. The number of alkyl halides is 3. The quantitative estimate of drug-likeness (QED) is 0.370. The van der Waals surface area contributed by atoms with E-state index in [1.165, 1.54) is 11.8 Å². The molecule has 32 heavy (non-hydrogen) atoms. The van der Waals surface area contributed by atoms with E-state index in [2.05, 4.69) is 15.5 Å². The number of urea groups is 1. The van der Waals surface area contributed by atoms with Crippen molar-refractivity contribution < 1.29 is 27.1 Å². The van der Waals surface area contributed by atoms with Gasteiger partial charge >= 0.3 is 12.2 Å². The van der Waals surface area contributed by atoms with Crippen molar-refractivity contribution in [3.05, 3.63) is 35.9 Å². The van der Waals surface area contributed by atoms with Crippen molar-refractivity contribution in [1.82, 2.24) is 19.9 Å². The summed E-state index contributed by atoms with van der Waals surface area (Å²) in [6.07, 6.45) is -1.58. The van der Waals surface area contributed by atoms with Crippen molar-refractivity contribution in [2.45, 2.75) is 50.4 Å². The number of amides is 2. The van der Waals surface area contributed by atoms with Crippen LogP contribution >= 0.6 is 0 Å². The lowest BCUT2D eigenvalue weighted by atomic mass is 9.68. The molecular weight excluding hydrogens is 434 g/mol. The second kappa shape index (κ2) is 7.57. The number of hydrogen-bond donors (Lipinski definition) is 3. The highest BCUT2D eigenvalue weighted by Crippen LogP contribution is 2.48. The number of halogens is 4. The zero-order chi connectivity index (χ0) is 23.3. The lowest BCUT2D eigenvalue weighted by Gasteiger charge is -2.60. The Morgan fingerprint density at radius 1 is 1.34 bits per heavy atom. The monoisotopic (exact) mass is 453 g/mol. The topological polar surface area (TPSA) is 120 Å². The molecule has 0 radical (unpaired) electrons. The Hall–Kier alpha value is -3.51. The molecule has 1 aromatic heterocycles. The van der Waals surface area contributed by atoms with Gasteiger partial charge in [0.05, 0.1) is 5.56 Å². The van der Waals surface area contributed by atoms with Crippen molar-refractivity contribution in [3.63, 3.8) is 0 Å². The summed E-state index contributed by atoms with van der Waals surface area (Å²) >= 11 is 0. The number of ether oxygens (including phenoxy) is 1. The molecule has 170 valence electrons. The smallest absolute Gasteiger partial charge is 0.418 e. The molecule has 2 fully saturated rings. The minimum atomic E-state index is -4.75. The van der Waals surface area contributed by atoms with Gasteiger partial charge in [-0.2, -0.15) is 22.7 Å². The van der Waals surface area contributed by atoms with Gasteiger partial charge in [-0.25, -0.2) is 4.79 Å². The third kappa shape index (κ3) is 3.67. The van der Waals surface area contributed by atoms with E-state index in [4.69, 9.17) is 15.6 Å². The number of nitrogens with one attached hydrogen (secondary N) is 3. The van der Waals surface area contributed by atoms with Crippen LogP contribution in [-0.4, -0.2) is 49.3 Å². The van der Waals surface area contributed by atoms with Gasteiger partial charge in [-0.05, 0) is 37.5 Å². The first-order valence-corrected chi connectivity index (χ1v) is 9.73. The summed E-state index contributed by atoms with van der Waals surface area (Å²) in [5, 5.41) is 25.0. The normalized spacial score (nSPS) is 22.2. The maximum absolute atomic E-state index is 13.4. The number of likely N-dealkylation sites (tertiary alicyclic amines) is 1.